The number of nitrogens with one attached hydrogen (secondary N) is 1. The number of ether oxygens (including phenoxy) is 1. The molecule has 0 unspecified atom stereocenters. The minimum atomic E-state index is 0.317. The van der Waals surface area contributed by atoms with Crippen molar-refractivity contribution in [3.63, 3.8) is 0 Å². The molecule has 1 fully saturated rings. The van der Waals surface area contributed by atoms with E-state index in [0.29, 0.717) is 17.6 Å². The fourth-order valence-corrected chi connectivity index (χ4v) is 1.80. The zero-order valence-electron chi connectivity index (χ0n) is 7.98. The lowest BCUT2D eigenvalue weighted by atomic mass is 9.84. The summed E-state index contributed by atoms with van der Waals surface area (Å²) in [5, 5.41) is 3.47. The first-order valence-corrected chi connectivity index (χ1v) is 4.32. The Morgan fingerprint density at radius 2 is 2.00 bits per heavy atom. The van der Waals surface area contributed by atoms with Gasteiger partial charge < -0.3 is 10.1 Å². The Hall–Kier alpha value is -0.0800. The van der Waals surface area contributed by atoms with Gasteiger partial charge in [0.15, 0.2) is 0 Å². The summed E-state index contributed by atoms with van der Waals surface area (Å²) in [5.74, 6) is 0. The van der Waals surface area contributed by atoms with Crippen LogP contribution in [0.15, 0.2) is 0 Å². The van der Waals surface area contributed by atoms with Crippen LogP contribution in [0.1, 0.15) is 27.2 Å². The minimum absolute atomic E-state index is 0.317. The molecule has 0 aromatic heterocycles. The molecule has 1 aliphatic rings. The number of rotatable bonds is 1. The second-order valence-electron chi connectivity index (χ2n) is 4.36. The van der Waals surface area contributed by atoms with Gasteiger partial charge in [0.1, 0.15) is 0 Å². The Labute approximate surface area is 69.3 Å². The summed E-state index contributed by atoms with van der Waals surface area (Å²) in [6.45, 7) is 7.85. The summed E-state index contributed by atoms with van der Waals surface area (Å²) >= 11 is 0. The zero-order chi connectivity index (χ0) is 8.48. The molecule has 2 nitrogen and oxygen atoms in total. The predicted octanol–water partition coefficient (Wildman–Crippen LogP) is 1.41. The van der Waals surface area contributed by atoms with Crippen LogP contribution in [0, 0.1) is 5.41 Å². The Kier molecular flexibility index (Phi) is 2.55. The van der Waals surface area contributed by atoms with Crippen molar-refractivity contribution in [2.45, 2.75) is 39.3 Å². The van der Waals surface area contributed by atoms with Crippen LogP contribution in [-0.2, 0) is 4.74 Å². The minimum Gasteiger partial charge on any atom is -0.380 e. The van der Waals surface area contributed by atoms with Gasteiger partial charge in [-0.3, -0.25) is 0 Å². The van der Waals surface area contributed by atoms with Gasteiger partial charge in [0.05, 0.1) is 6.10 Å². The lowest BCUT2D eigenvalue weighted by Gasteiger charge is -2.31. The Bertz CT molecular complexity index is 128. The lowest BCUT2D eigenvalue weighted by molar-refractivity contribution is 0.0562. The fraction of sp³-hybridized carbons (Fsp3) is 1.00. The quantitative estimate of drug-likeness (QED) is 0.621. The van der Waals surface area contributed by atoms with E-state index in [1.165, 1.54) is 0 Å². The first-order chi connectivity index (χ1) is 5.05. The molecule has 1 saturated heterocycles. The second-order valence-corrected chi connectivity index (χ2v) is 4.36. The van der Waals surface area contributed by atoms with E-state index in [-0.39, 0.29) is 0 Å². The molecular weight excluding hydrogens is 138 g/mol. The maximum Gasteiger partial charge on any atom is 0.0741 e. The van der Waals surface area contributed by atoms with E-state index in [0.717, 1.165) is 13.0 Å². The van der Waals surface area contributed by atoms with Crippen LogP contribution < -0.4 is 5.32 Å². The van der Waals surface area contributed by atoms with Crippen LogP contribution in [-0.4, -0.2) is 25.8 Å². The highest BCUT2D eigenvalue weighted by atomic mass is 16.5. The highest BCUT2D eigenvalue weighted by Crippen LogP contribution is 2.27. The van der Waals surface area contributed by atoms with E-state index in [1.54, 1.807) is 7.11 Å². The summed E-state index contributed by atoms with van der Waals surface area (Å²) in [4.78, 5) is 0. The standard InChI is InChI=1S/C9H19NO/c1-9(2,3)8-7(11-4)5-6-10-8/h7-8,10H,5-6H2,1-4H3/t7-,8+/m1/s1. The van der Waals surface area contributed by atoms with Crippen molar-refractivity contribution in [1.82, 2.24) is 5.32 Å². The van der Waals surface area contributed by atoms with Crippen LogP contribution >= 0.6 is 0 Å². The normalized spacial score (nSPS) is 32.7. The van der Waals surface area contributed by atoms with Crippen molar-refractivity contribution in [2.24, 2.45) is 5.41 Å². The van der Waals surface area contributed by atoms with Crippen molar-refractivity contribution in [1.29, 1.82) is 0 Å². The Balaban J connectivity index is 2.57. The average Bonchev–Trinajstić information content (AvgIpc) is 2.31. The van der Waals surface area contributed by atoms with E-state index in [4.69, 9.17) is 4.74 Å². The topological polar surface area (TPSA) is 21.3 Å². The van der Waals surface area contributed by atoms with Gasteiger partial charge in [-0.25, -0.2) is 0 Å². The third kappa shape index (κ3) is 1.94. The van der Waals surface area contributed by atoms with Gasteiger partial charge in [-0.05, 0) is 18.4 Å². The monoisotopic (exact) mass is 157 g/mol. The lowest BCUT2D eigenvalue weighted by Crippen LogP contribution is -2.42. The maximum absolute atomic E-state index is 5.39. The van der Waals surface area contributed by atoms with Gasteiger partial charge in [-0.15, -0.1) is 0 Å². The van der Waals surface area contributed by atoms with Crippen LogP contribution in [0.2, 0.25) is 0 Å². The van der Waals surface area contributed by atoms with Gasteiger partial charge in [-0.1, -0.05) is 20.8 Å². The fourth-order valence-electron chi connectivity index (χ4n) is 1.80. The summed E-state index contributed by atoms with van der Waals surface area (Å²) in [5.41, 5.74) is 0.317. The van der Waals surface area contributed by atoms with Gasteiger partial charge in [0.2, 0.25) is 0 Å². The first kappa shape index (κ1) is 9.01. The van der Waals surface area contributed by atoms with Crippen molar-refractivity contribution in [2.75, 3.05) is 13.7 Å². The third-order valence-electron chi connectivity index (χ3n) is 2.40. The van der Waals surface area contributed by atoms with E-state index in [2.05, 4.69) is 26.1 Å². The maximum atomic E-state index is 5.39. The molecule has 0 bridgehead atoms. The van der Waals surface area contributed by atoms with E-state index in [9.17, 15) is 0 Å². The second kappa shape index (κ2) is 3.11. The molecule has 1 aliphatic heterocycles. The molecule has 2 heteroatoms. The molecule has 0 radical (unpaired) electrons. The first-order valence-electron chi connectivity index (χ1n) is 4.32. The molecule has 0 saturated carbocycles. The predicted molar refractivity (Wildman–Crippen MR) is 46.7 cm³/mol. The number of methoxy groups -OCH3 is 1. The van der Waals surface area contributed by atoms with Crippen molar-refractivity contribution >= 4 is 0 Å². The molecule has 0 spiro atoms. The highest BCUT2D eigenvalue weighted by molar-refractivity contribution is 4.92. The zero-order valence-corrected chi connectivity index (χ0v) is 7.98. The molecular formula is C9H19NO. The van der Waals surface area contributed by atoms with Gasteiger partial charge in [0.25, 0.3) is 0 Å². The SMILES string of the molecule is CO[C@@H]1CCN[C@@H]1C(C)(C)C. The van der Waals surface area contributed by atoms with Crippen molar-refractivity contribution in [3.8, 4) is 0 Å². The van der Waals surface area contributed by atoms with Crippen molar-refractivity contribution < 1.29 is 4.74 Å². The molecule has 1 N–H and O–H groups in total. The summed E-state index contributed by atoms with van der Waals surface area (Å²) in [6, 6.07) is 0.521. The number of hydrogen-bond acceptors (Lipinski definition) is 2. The molecule has 0 aromatic carbocycles. The summed E-state index contributed by atoms with van der Waals surface area (Å²) in [6.07, 6.45) is 1.56. The average molecular weight is 157 g/mol. The summed E-state index contributed by atoms with van der Waals surface area (Å²) in [7, 11) is 1.80. The van der Waals surface area contributed by atoms with Gasteiger partial charge >= 0.3 is 0 Å². The molecule has 2 atom stereocenters. The van der Waals surface area contributed by atoms with Gasteiger partial charge in [-0.2, -0.15) is 0 Å². The molecule has 11 heavy (non-hydrogen) atoms. The molecule has 1 heterocycles. The molecule has 0 aromatic rings. The Morgan fingerprint density at radius 3 is 2.36 bits per heavy atom. The van der Waals surface area contributed by atoms with E-state index < -0.39 is 0 Å². The molecule has 66 valence electrons. The van der Waals surface area contributed by atoms with Crippen LogP contribution in [0.4, 0.5) is 0 Å². The van der Waals surface area contributed by atoms with E-state index in [1.807, 2.05) is 0 Å². The van der Waals surface area contributed by atoms with Gasteiger partial charge in [0, 0.05) is 13.2 Å². The smallest absolute Gasteiger partial charge is 0.0741 e. The summed E-state index contributed by atoms with van der Waals surface area (Å²) < 4.78 is 5.39. The molecule has 0 amide bonds. The number of hydrogen-bond donors (Lipinski definition) is 1. The van der Waals surface area contributed by atoms with E-state index >= 15 is 0 Å². The third-order valence-corrected chi connectivity index (χ3v) is 2.40. The molecule has 0 aliphatic carbocycles. The Morgan fingerprint density at radius 1 is 1.36 bits per heavy atom. The largest absolute Gasteiger partial charge is 0.380 e. The van der Waals surface area contributed by atoms with Crippen molar-refractivity contribution in [3.05, 3.63) is 0 Å². The van der Waals surface area contributed by atoms with Crippen LogP contribution in [0.25, 0.3) is 0 Å². The van der Waals surface area contributed by atoms with Crippen LogP contribution in [0.3, 0.4) is 0 Å². The molecule has 1 rings (SSSR count). The highest BCUT2D eigenvalue weighted by Gasteiger charge is 2.35. The van der Waals surface area contributed by atoms with Crippen LogP contribution in [0.5, 0.6) is 0 Å².